The van der Waals surface area contributed by atoms with Crippen molar-refractivity contribution >= 4 is 11.8 Å². The average Bonchev–Trinajstić information content (AvgIpc) is 2.55. The number of amides is 2. The normalized spacial score (nSPS) is 19.5. The Hall–Kier alpha value is -1.98. The number of hydrogen-bond acceptors (Lipinski definition) is 2. The van der Waals surface area contributed by atoms with Crippen molar-refractivity contribution in [2.75, 3.05) is 6.54 Å². The second-order valence-corrected chi connectivity index (χ2v) is 4.44. The third-order valence-electron chi connectivity index (χ3n) is 3.02. The van der Waals surface area contributed by atoms with E-state index in [-0.39, 0.29) is 11.5 Å². The van der Waals surface area contributed by atoms with Crippen molar-refractivity contribution in [2.24, 2.45) is 0 Å². The molecule has 0 aliphatic carbocycles. The van der Waals surface area contributed by atoms with Crippen molar-refractivity contribution in [3.05, 3.63) is 35.4 Å². The highest BCUT2D eigenvalue weighted by atomic mass is 19.1. The summed E-state index contributed by atoms with van der Waals surface area (Å²) in [5.41, 5.74) is -0.265. The lowest BCUT2D eigenvalue weighted by atomic mass is 10.1. The molecule has 0 radical (unpaired) electrons. The summed E-state index contributed by atoms with van der Waals surface area (Å²) in [6.45, 7) is 0.579. The van der Waals surface area contributed by atoms with Crippen LogP contribution in [0.15, 0.2) is 18.2 Å². The highest BCUT2D eigenvalue weighted by Crippen LogP contribution is 2.11. The number of rotatable bonds is 2. The minimum Gasteiger partial charge on any atom is -0.354 e. The molecule has 1 aromatic carbocycles. The molecule has 1 aliphatic rings. The first kappa shape index (κ1) is 13.5. The molecule has 0 unspecified atom stereocenters. The molecule has 1 heterocycles. The minimum absolute atomic E-state index is 0.265. The predicted molar refractivity (Wildman–Crippen MR) is 64.5 cm³/mol. The van der Waals surface area contributed by atoms with E-state index < -0.39 is 23.6 Å². The zero-order valence-corrected chi connectivity index (χ0v) is 10.2. The quantitative estimate of drug-likeness (QED) is 0.851. The molecule has 1 aliphatic heterocycles. The smallest absolute Gasteiger partial charge is 0.254 e. The zero-order valence-electron chi connectivity index (χ0n) is 10.2. The number of benzene rings is 1. The van der Waals surface area contributed by atoms with Gasteiger partial charge in [0.2, 0.25) is 5.91 Å². The summed E-state index contributed by atoms with van der Waals surface area (Å²) in [6.07, 6.45) is 2.17. The summed E-state index contributed by atoms with van der Waals surface area (Å²) < 4.78 is 26.2. The zero-order chi connectivity index (χ0) is 13.8. The van der Waals surface area contributed by atoms with Gasteiger partial charge in [0.1, 0.15) is 17.7 Å². The van der Waals surface area contributed by atoms with Crippen LogP contribution >= 0.6 is 0 Å². The van der Waals surface area contributed by atoms with Crippen molar-refractivity contribution in [3.63, 3.8) is 0 Å². The maximum Gasteiger partial charge on any atom is 0.254 e. The second-order valence-electron chi connectivity index (χ2n) is 4.44. The lowest BCUT2D eigenvalue weighted by Crippen LogP contribution is -2.45. The van der Waals surface area contributed by atoms with Crippen LogP contribution in [0.4, 0.5) is 8.78 Å². The fourth-order valence-corrected chi connectivity index (χ4v) is 1.99. The predicted octanol–water partition coefficient (Wildman–Crippen LogP) is 1.36. The molecule has 1 aromatic rings. The molecule has 2 rings (SSSR count). The van der Waals surface area contributed by atoms with Crippen LogP contribution in [-0.2, 0) is 4.79 Å². The van der Waals surface area contributed by atoms with Gasteiger partial charge in [-0.1, -0.05) is 0 Å². The second kappa shape index (κ2) is 5.77. The van der Waals surface area contributed by atoms with Gasteiger partial charge in [-0.2, -0.15) is 0 Å². The van der Waals surface area contributed by atoms with Crippen molar-refractivity contribution in [3.8, 4) is 0 Å². The van der Waals surface area contributed by atoms with Crippen molar-refractivity contribution in [1.29, 1.82) is 0 Å². The SMILES string of the molecule is O=C(N[C@@H]1CCCCNC1=O)c1ccc(F)cc1F. The molecule has 1 saturated heterocycles. The highest BCUT2D eigenvalue weighted by Gasteiger charge is 2.24. The lowest BCUT2D eigenvalue weighted by molar-refractivity contribution is -0.122. The molecule has 2 N–H and O–H groups in total. The number of hydrogen-bond donors (Lipinski definition) is 2. The highest BCUT2D eigenvalue weighted by molar-refractivity contribution is 5.97. The van der Waals surface area contributed by atoms with Gasteiger partial charge in [-0.15, -0.1) is 0 Å². The summed E-state index contributed by atoms with van der Waals surface area (Å²) in [5, 5.41) is 5.14. The van der Waals surface area contributed by atoms with E-state index in [4.69, 9.17) is 0 Å². The molecule has 1 atom stereocenters. The van der Waals surface area contributed by atoms with E-state index in [2.05, 4.69) is 10.6 Å². The van der Waals surface area contributed by atoms with Gasteiger partial charge in [0.15, 0.2) is 0 Å². The molecule has 0 bridgehead atoms. The number of nitrogens with one attached hydrogen (secondary N) is 2. The average molecular weight is 268 g/mol. The van der Waals surface area contributed by atoms with E-state index in [9.17, 15) is 18.4 Å². The monoisotopic (exact) mass is 268 g/mol. The number of carbonyl (C=O) groups is 2. The van der Waals surface area contributed by atoms with E-state index in [0.717, 1.165) is 25.0 Å². The standard InChI is InChI=1S/C13H14F2N2O2/c14-8-4-5-9(10(15)7-8)12(18)17-11-3-1-2-6-16-13(11)19/h4-5,7,11H,1-3,6H2,(H,16,19)(H,17,18)/t11-/m1/s1. The third kappa shape index (κ3) is 3.27. The molecule has 4 nitrogen and oxygen atoms in total. The summed E-state index contributed by atoms with van der Waals surface area (Å²) in [7, 11) is 0. The first-order valence-corrected chi connectivity index (χ1v) is 6.11. The molecule has 0 spiro atoms. The van der Waals surface area contributed by atoms with Crippen LogP contribution in [0.2, 0.25) is 0 Å². The summed E-state index contributed by atoms with van der Waals surface area (Å²) >= 11 is 0. The molecule has 19 heavy (non-hydrogen) atoms. The van der Waals surface area contributed by atoms with Crippen LogP contribution in [0.25, 0.3) is 0 Å². The van der Waals surface area contributed by atoms with Crippen LogP contribution < -0.4 is 10.6 Å². The molecular weight excluding hydrogens is 254 g/mol. The van der Waals surface area contributed by atoms with Crippen molar-refractivity contribution in [2.45, 2.75) is 25.3 Å². The molecule has 102 valence electrons. The van der Waals surface area contributed by atoms with E-state index in [1.807, 2.05) is 0 Å². The Balaban J connectivity index is 2.09. The number of carbonyl (C=O) groups excluding carboxylic acids is 2. The minimum atomic E-state index is -0.938. The van der Waals surface area contributed by atoms with Gasteiger partial charge in [0.05, 0.1) is 5.56 Å². The summed E-state index contributed by atoms with van der Waals surface area (Å²) in [6, 6.07) is 2.04. The van der Waals surface area contributed by atoms with Gasteiger partial charge in [-0.3, -0.25) is 9.59 Å². The maximum atomic E-state index is 13.4. The van der Waals surface area contributed by atoms with Crippen LogP contribution in [0, 0.1) is 11.6 Å². The molecular formula is C13H14F2N2O2. The first-order chi connectivity index (χ1) is 9.08. The van der Waals surface area contributed by atoms with E-state index in [1.165, 1.54) is 0 Å². The summed E-state index contributed by atoms with van der Waals surface area (Å²) in [4.78, 5) is 23.5. The Morgan fingerprint density at radius 3 is 2.84 bits per heavy atom. The van der Waals surface area contributed by atoms with E-state index >= 15 is 0 Å². The first-order valence-electron chi connectivity index (χ1n) is 6.11. The van der Waals surface area contributed by atoms with Crippen molar-refractivity contribution in [1.82, 2.24) is 10.6 Å². The van der Waals surface area contributed by atoms with Crippen LogP contribution in [0.1, 0.15) is 29.6 Å². The van der Waals surface area contributed by atoms with Crippen molar-refractivity contribution < 1.29 is 18.4 Å². The topological polar surface area (TPSA) is 58.2 Å². The van der Waals surface area contributed by atoms with Gasteiger partial charge in [-0.25, -0.2) is 8.78 Å². The fraction of sp³-hybridized carbons (Fsp3) is 0.385. The Bertz CT molecular complexity index is 505. The molecule has 6 heteroatoms. The van der Waals surface area contributed by atoms with Gasteiger partial charge in [-0.05, 0) is 31.4 Å². The Labute approximate surface area is 109 Å². The van der Waals surface area contributed by atoms with Crippen LogP contribution in [0.3, 0.4) is 0 Å². The Kier molecular flexibility index (Phi) is 4.09. The molecule has 2 amide bonds. The fourth-order valence-electron chi connectivity index (χ4n) is 1.99. The van der Waals surface area contributed by atoms with Gasteiger partial charge < -0.3 is 10.6 Å². The van der Waals surface area contributed by atoms with Crippen LogP contribution in [-0.4, -0.2) is 24.4 Å². The van der Waals surface area contributed by atoms with Crippen LogP contribution in [0.5, 0.6) is 0 Å². The Morgan fingerprint density at radius 2 is 2.11 bits per heavy atom. The number of halogens is 2. The van der Waals surface area contributed by atoms with Gasteiger partial charge in [0.25, 0.3) is 5.91 Å². The molecule has 1 fully saturated rings. The molecule has 0 aromatic heterocycles. The third-order valence-corrected chi connectivity index (χ3v) is 3.02. The maximum absolute atomic E-state index is 13.4. The van der Waals surface area contributed by atoms with Gasteiger partial charge in [0, 0.05) is 12.6 Å². The van der Waals surface area contributed by atoms with E-state index in [1.54, 1.807) is 0 Å². The van der Waals surface area contributed by atoms with E-state index in [0.29, 0.717) is 19.0 Å². The molecule has 0 saturated carbocycles. The van der Waals surface area contributed by atoms with Gasteiger partial charge >= 0.3 is 0 Å². The summed E-state index contributed by atoms with van der Waals surface area (Å²) in [5.74, 6) is -2.67. The largest absolute Gasteiger partial charge is 0.354 e. The lowest BCUT2D eigenvalue weighted by Gasteiger charge is -2.15. The Morgan fingerprint density at radius 1 is 1.32 bits per heavy atom.